The minimum absolute atomic E-state index is 0.0580. The van der Waals surface area contributed by atoms with Crippen LogP contribution in [-0.2, 0) is 4.74 Å². The second kappa shape index (κ2) is 6.04. The third-order valence-corrected chi connectivity index (χ3v) is 3.57. The molecule has 0 aromatic heterocycles. The number of nitrogens with zero attached hydrogens (tertiary/aromatic N) is 1. The Balaban J connectivity index is 2.29. The summed E-state index contributed by atoms with van der Waals surface area (Å²) in [5.74, 6) is -2.13. The molecule has 2 unspecified atom stereocenters. The first-order valence-electron chi connectivity index (χ1n) is 6.45. The average Bonchev–Trinajstić information content (AvgIpc) is 2.94. The van der Waals surface area contributed by atoms with E-state index in [1.165, 1.54) is 0 Å². The van der Waals surface area contributed by atoms with Crippen molar-refractivity contribution in [1.29, 1.82) is 0 Å². The van der Waals surface area contributed by atoms with Crippen LogP contribution < -0.4 is 5.32 Å². The summed E-state index contributed by atoms with van der Waals surface area (Å²) in [7, 11) is 0. The molecule has 1 heterocycles. The number of nitro benzene ring substituents is 1. The van der Waals surface area contributed by atoms with Crippen LogP contribution >= 0.6 is 0 Å². The Morgan fingerprint density at radius 1 is 1.62 bits per heavy atom. The third-order valence-electron chi connectivity index (χ3n) is 3.57. The lowest BCUT2D eigenvalue weighted by molar-refractivity contribution is -0.385. The van der Waals surface area contributed by atoms with Crippen LogP contribution in [-0.4, -0.2) is 35.3 Å². The van der Waals surface area contributed by atoms with Gasteiger partial charge in [0, 0.05) is 18.6 Å². The van der Waals surface area contributed by atoms with Gasteiger partial charge in [-0.05, 0) is 19.4 Å². The monoisotopic (exact) mass is 298 g/mol. The fraction of sp³-hybridized carbons (Fsp3) is 0.462. The van der Waals surface area contributed by atoms with Gasteiger partial charge in [-0.1, -0.05) is 0 Å². The van der Waals surface area contributed by atoms with Gasteiger partial charge in [-0.2, -0.15) is 0 Å². The van der Waals surface area contributed by atoms with Crippen molar-refractivity contribution < 1.29 is 24.0 Å². The van der Waals surface area contributed by atoms with Crippen LogP contribution in [0.2, 0.25) is 0 Å². The quantitative estimate of drug-likeness (QED) is 0.638. The van der Waals surface area contributed by atoms with Gasteiger partial charge in [0.1, 0.15) is 5.56 Å². The van der Waals surface area contributed by atoms with Gasteiger partial charge in [0.25, 0.3) is 5.69 Å². The van der Waals surface area contributed by atoms with E-state index in [-0.39, 0.29) is 17.6 Å². The standard InChI is InChI=1S/C13H15FN2O5/c1-7(8-2-3-21-6-8)15-11-4-9(13(17)18)12(16(19)20)5-10(11)14/h4-5,7-8,15H,2-3,6H2,1H3,(H,17,18). The van der Waals surface area contributed by atoms with E-state index in [2.05, 4.69) is 5.32 Å². The number of hydrogen-bond donors (Lipinski definition) is 2. The van der Waals surface area contributed by atoms with Crippen molar-refractivity contribution in [2.45, 2.75) is 19.4 Å². The number of carboxylic acids is 1. The number of rotatable bonds is 5. The van der Waals surface area contributed by atoms with Crippen molar-refractivity contribution in [3.05, 3.63) is 33.6 Å². The summed E-state index contributed by atoms with van der Waals surface area (Å²) in [5, 5.41) is 22.6. The molecule has 21 heavy (non-hydrogen) atoms. The Morgan fingerprint density at radius 2 is 2.33 bits per heavy atom. The van der Waals surface area contributed by atoms with E-state index in [9.17, 15) is 19.3 Å². The topological polar surface area (TPSA) is 102 Å². The lowest BCUT2D eigenvalue weighted by atomic mass is 10.00. The molecule has 1 saturated heterocycles. The van der Waals surface area contributed by atoms with E-state index in [1.54, 1.807) is 0 Å². The fourth-order valence-corrected chi connectivity index (χ4v) is 2.31. The van der Waals surface area contributed by atoms with E-state index in [1.807, 2.05) is 6.92 Å². The molecule has 8 heteroatoms. The third kappa shape index (κ3) is 3.27. The molecular weight excluding hydrogens is 283 g/mol. The smallest absolute Gasteiger partial charge is 0.342 e. The first-order valence-corrected chi connectivity index (χ1v) is 6.45. The lowest BCUT2D eigenvalue weighted by Gasteiger charge is -2.21. The molecule has 1 aromatic carbocycles. The summed E-state index contributed by atoms with van der Waals surface area (Å²) in [6.07, 6.45) is 0.828. The summed E-state index contributed by atoms with van der Waals surface area (Å²) >= 11 is 0. The number of hydrogen-bond acceptors (Lipinski definition) is 5. The summed E-state index contributed by atoms with van der Waals surface area (Å²) < 4.78 is 19.2. The second-order valence-corrected chi connectivity index (χ2v) is 4.97. The molecule has 0 spiro atoms. The average molecular weight is 298 g/mol. The zero-order valence-electron chi connectivity index (χ0n) is 11.3. The Bertz CT molecular complexity index is 572. The molecule has 1 fully saturated rings. The predicted molar refractivity (Wildman–Crippen MR) is 72.0 cm³/mol. The molecule has 1 aliphatic heterocycles. The van der Waals surface area contributed by atoms with Crippen LogP contribution in [0.25, 0.3) is 0 Å². The highest BCUT2D eigenvalue weighted by molar-refractivity contribution is 5.93. The van der Waals surface area contributed by atoms with Crippen molar-refractivity contribution in [2.75, 3.05) is 18.5 Å². The molecule has 1 aromatic rings. The molecule has 2 N–H and O–H groups in total. The Kier molecular flexibility index (Phi) is 4.37. The zero-order chi connectivity index (χ0) is 15.6. The van der Waals surface area contributed by atoms with Crippen molar-refractivity contribution in [1.82, 2.24) is 0 Å². The molecule has 7 nitrogen and oxygen atoms in total. The van der Waals surface area contributed by atoms with Crippen LogP contribution in [0, 0.1) is 21.8 Å². The van der Waals surface area contributed by atoms with Gasteiger partial charge in [0.15, 0.2) is 5.82 Å². The van der Waals surface area contributed by atoms with Gasteiger partial charge in [0.2, 0.25) is 0 Å². The van der Waals surface area contributed by atoms with Crippen LogP contribution in [0.4, 0.5) is 15.8 Å². The van der Waals surface area contributed by atoms with E-state index in [0.717, 1.165) is 12.5 Å². The first kappa shape index (κ1) is 15.2. The minimum atomic E-state index is -1.47. The normalized spacial score (nSPS) is 19.2. The highest BCUT2D eigenvalue weighted by atomic mass is 19.1. The summed E-state index contributed by atoms with van der Waals surface area (Å²) in [5.41, 5.74) is -1.36. The van der Waals surface area contributed by atoms with Crippen molar-refractivity contribution >= 4 is 17.3 Å². The Labute approximate surface area is 119 Å². The molecule has 2 atom stereocenters. The van der Waals surface area contributed by atoms with E-state index >= 15 is 0 Å². The van der Waals surface area contributed by atoms with Gasteiger partial charge >= 0.3 is 5.97 Å². The van der Waals surface area contributed by atoms with Gasteiger partial charge < -0.3 is 15.2 Å². The number of nitro groups is 1. The number of nitrogens with one attached hydrogen (secondary N) is 1. The summed E-state index contributed by atoms with van der Waals surface area (Å²) in [6, 6.07) is 1.45. The zero-order valence-corrected chi connectivity index (χ0v) is 11.3. The maximum atomic E-state index is 13.9. The number of benzene rings is 1. The Morgan fingerprint density at radius 3 is 2.86 bits per heavy atom. The molecule has 0 amide bonds. The van der Waals surface area contributed by atoms with Crippen LogP contribution in [0.3, 0.4) is 0 Å². The van der Waals surface area contributed by atoms with Gasteiger partial charge in [0.05, 0.1) is 23.3 Å². The summed E-state index contributed by atoms with van der Waals surface area (Å²) in [4.78, 5) is 20.9. The number of carboxylic acid groups (broad SMARTS) is 1. The molecule has 1 aliphatic rings. The van der Waals surface area contributed by atoms with E-state index in [0.29, 0.717) is 19.3 Å². The molecule has 0 radical (unpaired) electrons. The van der Waals surface area contributed by atoms with Crippen molar-refractivity contribution in [3.8, 4) is 0 Å². The predicted octanol–water partition coefficient (Wildman–Crippen LogP) is 2.27. The molecule has 0 saturated carbocycles. The van der Waals surface area contributed by atoms with Crippen LogP contribution in [0.1, 0.15) is 23.7 Å². The molecule has 0 aliphatic carbocycles. The number of aromatic carboxylic acids is 1. The minimum Gasteiger partial charge on any atom is -0.477 e. The molecule has 2 rings (SSSR count). The SMILES string of the molecule is CC(Nc1cc(C(=O)O)c([N+](=O)[O-])cc1F)C1CCOC1. The maximum Gasteiger partial charge on any atom is 0.342 e. The molecule has 0 bridgehead atoms. The van der Waals surface area contributed by atoms with Gasteiger partial charge in [-0.15, -0.1) is 0 Å². The highest BCUT2D eigenvalue weighted by Gasteiger charge is 2.26. The highest BCUT2D eigenvalue weighted by Crippen LogP contribution is 2.28. The number of halogens is 1. The number of ether oxygens (including phenoxy) is 1. The number of anilines is 1. The molecular formula is C13H15FN2O5. The van der Waals surface area contributed by atoms with E-state index in [4.69, 9.17) is 9.84 Å². The van der Waals surface area contributed by atoms with Gasteiger partial charge in [-0.25, -0.2) is 9.18 Å². The largest absolute Gasteiger partial charge is 0.477 e. The van der Waals surface area contributed by atoms with Crippen molar-refractivity contribution in [3.63, 3.8) is 0 Å². The summed E-state index contributed by atoms with van der Waals surface area (Å²) in [6.45, 7) is 3.02. The van der Waals surface area contributed by atoms with Gasteiger partial charge in [-0.3, -0.25) is 10.1 Å². The second-order valence-electron chi connectivity index (χ2n) is 4.97. The van der Waals surface area contributed by atoms with E-state index < -0.39 is 28.0 Å². The Hall–Kier alpha value is -2.22. The first-order chi connectivity index (χ1) is 9.90. The molecule has 114 valence electrons. The van der Waals surface area contributed by atoms with Crippen LogP contribution in [0.15, 0.2) is 12.1 Å². The maximum absolute atomic E-state index is 13.9. The fourth-order valence-electron chi connectivity index (χ4n) is 2.31. The number of carbonyl (C=O) groups is 1. The lowest BCUT2D eigenvalue weighted by Crippen LogP contribution is -2.26. The van der Waals surface area contributed by atoms with Crippen molar-refractivity contribution in [2.24, 2.45) is 5.92 Å². The van der Waals surface area contributed by atoms with Crippen LogP contribution in [0.5, 0.6) is 0 Å².